The molecule has 0 N–H and O–H groups in total. The number of alkyl halides is 1. The van der Waals surface area contributed by atoms with Gasteiger partial charge in [0.25, 0.3) is 0 Å². The fourth-order valence-electron chi connectivity index (χ4n) is 3.50. The van der Waals surface area contributed by atoms with E-state index in [-0.39, 0.29) is 0 Å². The molecule has 0 heterocycles. The van der Waals surface area contributed by atoms with E-state index in [4.69, 9.17) is 0 Å². The summed E-state index contributed by atoms with van der Waals surface area (Å²) in [6.07, 6.45) is 7.54. The summed E-state index contributed by atoms with van der Waals surface area (Å²) in [7, 11) is -4.62. The van der Waals surface area contributed by atoms with Gasteiger partial charge in [0.2, 0.25) is 0 Å². The number of allylic oxidation sites excluding steroid dienone is 4. The van der Waals surface area contributed by atoms with Gasteiger partial charge in [0.05, 0.1) is 8.07 Å². The summed E-state index contributed by atoms with van der Waals surface area (Å²) in [4.78, 5) is 0. The summed E-state index contributed by atoms with van der Waals surface area (Å²) in [5, 5.41) is 5.08. The fraction of sp³-hybridized carbons (Fsp3) is 0.333. The average molecular weight is 475 g/mol. The highest BCUT2D eigenvalue weighted by Crippen LogP contribution is 2.55. The zero-order valence-corrected chi connectivity index (χ0v) is 21.0. The van der Waals surface area contributed by atoms with E-state index in [0.29, 0.717) is 0 Å². The van der Waals surface area contributed by atoms with Gasteiger partial charge in [-0.2, -0.15) is 0 Å². The Balaban J connectivity index is 2.89. The van der Waals surface area contributed by atoms with Crippen molar-refractivity contribution < 1.29 is 4.57 Å². The van der Waals surface area contributed by atoms with Gasteiger partial charge in [-0.3, -0.25) is 0 Å². The highest BCUT2D eigenvalue weighted by molar-refractivity contribution is 9.09. The molecule has 0 radical (unpaired) electrons. The van der Waals surface area contributed by atoms with E-state index in [0.717, 1.165) is 40.5 Å². The average Bonchev–Trinajstić information content (AvgIpc) is 2.70. The van der Waals surface area contributed by atoms with Crippen molar-refractivity contribution in [1.82, 2.24) is 0 Å². The first kappa shape index (κ1) is 23.1. The summed E-state index contributed by atoms with van der Waals surface area (Å²) in [6, 6.07) is 20.1. The molecule has 0 aliphatic rings. The zero-order chi connectivity index (χ0) is 20.6. The van der Waals surface area contributed by atoms with E-state index in [2.05, 4.69) is 54.6 Å². The Morgan fingerprint density at radius 2 is 1.46 bits per heavy atom. The van der Waals surface area contributed by atoms with Crippen LogP contribution >= 0.6 is 23.1 Å². The predicted octanol–water partition coefficient (Wildman–Crippen LogP) is 7.27. The summed E-state index contributed by atoms with van der Waals surface area (Å²) >= 11 is 3.52. The summed E-state index contributed by atoms with van der Waals surface area (Å²) in [5.41, 5.74) is 0. The molecule has 150 valence electrons. The Labute approximate surface area is 180 Å². The monoisotopic (exact) mass is 474 g/mol. The van der Waals surface area contributed by atoms with Crippen molar-refractivity contribution in [3.05, 3.63) is 83.3 Å². The second-order valence-corrected chi connectivity index (χ2v) is 16.5. The highest BCUT2D eigenvalue weighted by atomic mass is 79.9. The first-order chi connectivity index (χ1) is 13.4. The standard InChI is InChI=1S/C24H32BrOPSi/c1-5-6-19-24(28(2,3)4)23(18-13-20-25)27(26,21-14-9-7-10-15-21)22-16-11-8-12-17-22/h7-18H,5-6,19-20H2,1-4H3/b18-13+,24-23+. The van der Waals surface area contributed by atoms with Crippen molar-refractivity contribution >= 4 is 41.8 Å². The Hall–Kier alpha value is -1.15. The molecule has 0 aliphatic carbocycles. The molecule has 0 spiro atoms. The second-order valence-electron chi connectivity index (χ2n) is 8.05. The van der Waals surface area contributed by atoms with Crippen LogP contribution in [0, 0.1) is 0 Å². The normalized spacial score (nSPS) is 13.6. The summed E-state index contributed by atoms with van der Waals surface area (Å²) < 4.78 is 15.0. The van der Waals surface area contributed by atoms with Crippen molar-refractivity contribution in [2.75, 3.05) is 5.33 Å². The van der Waals surface area contributed by atoms with Crippen LogP contribution in [-0.2, 0) is 4.57 Å². The molecular weight excluding hydrogens is 443 g/mol. The third-order valence-electron chi connectivity index (χ3n) is 4.94. The Bertz CT molecular complexity index is 808. The van der Waals surface area contributed by atoms with Gasteiger partial charge in [0, 0.05) is 21.3 Å². The van der Waals surface area contributed by atoms with Crippen molar-refractivity contribution in [1.29, 1.82) is 0 Å². The van der Waals surface area contributed by atoms with Crippen LogP contribution in [0.3, 0.4) is 0 Å². The minimum Gasteiger partial charge on any atom is -0.309 e. The number of halogens is 1. The van der Waals surface area contributed by atoms with Crippen LogP contribution in [0.5, 0.6) is 0 Å². The van der Waals surface area contributed by atoms with E-state index in [9.17, 15) is 4.57 Å². The van der Waals surface area contributed by atoms with Gasteiger partial charge in [-0.05, 0) is 6.42 Å². The molecule has 0 saturated heterocycles. The lowest BCUT2D eigenvalue weighted by Crippen LogP contribution is -2.28. The van der Waals surface area contributed by atoms with Gasteiger partial charge < -0.3 is 4.57 Å². The molecular formula is C24H32BrOPSi. The molecule has 0 unspecified atom stereocenters. The van der Waals surface area contributed by atoms with Crippen LogP contribution in [-0.4, -0.2) is 13.4 Å². The van der Waals surface area contributed by atoms with Crippen LogP contribution in [0.15, 0.2) is 83.3 Å². The molecule has 4 heteroatoms. The zero-order valence-electron chi connectivity index (χ0n) is 17.5. The molecule has 0 fully saturated rings. The van der Waals surface area contributed by atoms with E-state index >= 15 is 0 Å². The van der Waals surface area contributed by atoms with Crippen LogP contribution in [0.4, 0.5) is 0 Å². The molecule has 28 heavy (non-hydrogen) atoms. The van der Waals surface area contributed by atoms with E-state index < -0.39 is 15.2 Å². The number of hydrogen-bond donors (Lipinski definition) is 0. The number of unbranched alkanes of at least 4 members (excludes halogenated alkanes) is 1. The summed E-state index contributed by atoms with van der Waals surface area (Å²) in [6.45, 7) is 9.35. The molecule has 0 aliphatic heterocycles. The maximum Gasteiger partial charge on any atom is 0.170 e. The topological polar surface area (TPSA) is 17.1 Å². The lowest BCUT2D eigenvalue weighted by Gasteiger charge is -2.30. The Morgan fingerprint density at radius 1 is 0.964 bits per heavy atom. The quantitative estimate of drug-likeness (QED) is 0.161. The molecule has 2 rings (SSSR count). The molecule has 0 aromatic heterocycles. The minimum atomic E-state index is -2.95. The Kier molecular flexibility index (Phi) is 8.73. The minimum absolute atomic E-state index is 0.757. The number of benzene rings is 2. The third kappa shape index (κ3) is 5.47. The van der Waals surface area contributed by atoms with E-state index in [1.807, 2.05) is 60.7 Å². The number of hydrogen-bond acceptors (Lipinski definition) is 1. The van der Waals surface area contributed by atoms with Crippen molar-refractivity contribution in [2.45, 2.75) is 45.8 Å². The molecule has 0 amide bonds. The van der Waals surface area contributed by atoms with Gasteiger partial charge in [-0.15, -0.1) is 0 Å². The largest absolute Gasteiger partial charge is 0.309 e. The van der Waals surface area contributed by atoms with Gasteiger partial charge in [-0.1, -0.05) is 133 Å². The SMILES string of the molecule is CCCC/C(=C(/C=C/CBr)P(=O)(c1ccccc1)c1ccccc1)[Si](C)(C)C. The molecule has 2 aromatic rings. The lowest BCUT2D eigenvalue weighted by molar-refractivity contribution is 0.591. The van der Waals surface area contributed by atoms with Crippen molar-refractivity contribution in [3.63, 3.8) is 0 Å². The predicted molar refractivity (Wildman–Crippen MR) is 133 cm³/mol. The second kappa shape index (κ2) is 10.6. The van der Waals surface area contributed by atoms with Gasteiger partial charge in [0.15, 0.2) is 7.14 Å². The molecule has 0 bridgehead atoms. The van der Waals surface area contributed by atoms with Crippen LogP contribution in [0.1, 0.15) is 26.2 Å². The van der Waals surface area contributed by atoms with Gasteiger partial charge >= 0.3 is 0 Å². The first-order valence-corrected chi connectivity index (χ1v) is 16.4. The molecule has 0 saturated carbocycles. The smallest absolute Gasteiger partial charge is 0.170 e. The fourth-order valence-corrected chi connectivity index (χ4v) is 9.79. The van der Waals surface area contributed by atoms with Gasteiger partial charge in [0.1, 0.15) is 0 Å². The maximum absolute atomic E-state index is 15.0. The van der Waals surface area contributed by atoms with E-state index in [1.165, 1.54) is 5.20 Å². The molecule has 2 aromatic carbocycles. The van der Waals surface area contributed by atoms with Crippen molar-refractivity contribution in [2.24, 2.45) is 0 Å². The first-order valence-electron chi connectivity index (χ1n) is 10.0. The Morgan fingerprint density at radius 3 is 1.86 bits per heavy atom. The highest BCUT2D eigenvalue weighted by Gasteiger charge is 2.35. The lowest BCUT2D eigenvalue weighted by atomic mass is 10.2. The maximum atomic E-state index is 15.0. The summed E-state index contributed by atoms with van der Waals surface area (Å²) in [5.74, 6) is 0. The number of rotatable bonds is 9. The third-order valence-corrected chi connectivity index (χ3v) is 11.0. The van der Waals surface area contributed by atoms with Gasteiger partial charge in [-0.25, -0.2) is 0 Å². The molecule has 0 atom stereocenters. The van der Waals surface area contributed by atoms with Crippen LogP contribution in [0.2, 0.25) is 19.6 Å². The van der Waals surface area contributed by atoms with Crippen LogP contribution < -0.4 is 10.6 Å². The van der Waals surface area contributed by atoms with E-state index in [1.54, 1.807) is 0 Å². The van der Waals surface area contributed by atoms with Crippen molar-refractivity contribution in [3.8, 4) is 0 Å². The molecule has 1 nitrogen and oxygen atoms in total. The van der Waals surface area contributed by atoms with Crippen LogP contribution in [0.25, 0.3) is 0 Å².